The maximum atomic E-state index is 12.0. The number of rotatable bonds is 4. The first-order valence-corrected chi connectivity index (χ1v) is 6.18. The van der Waals surface area contributed by atoms with Crippen LogP contribution in [0.4, 0.5) is 5.69 Å². The number of hydrogen-bond acceptors (Lipinski definition) is 2. The van der Waals surface area contributed by atoms with Gasteiger partial charge in [-0.05, 0) is 36.2 Å². The summed E-state index contributed by atoms with van der Waals surface area (Å²) < 4.78 is 0. The van der Waals surface area contributed by atoms with Crippen LogP contribution in [0.1, 0.15) is 33.2 Å². The van der Waals surface area contributed by atoms with E-state index in [1.54, 1.807) is 36.4 Å². The highest BCUT2D eigenvalue weighted by Crippen LogP contribution is 2.12. The summed E-state index contributed by atoms with van der Waals surface area (Å²) >= 11 is 0. The molecule has 0 aliphatic rings. The second kappa shape index (κ2) is 5.96. The van der Waals surface area contributed by atoms with Gasteiger partial charge in [-0.1, -0.05) is 31.2 Å². The number of carbonyl (C=O) groups is 2. The molecule has 3 heteroatoms. The first-order valence-electron chi connectivity index (χ1n) is 6.18. The lowest BCUT2D eigenvalue weighted by atomic mass is 10.1. The third-order valence-electron chi connectivity index (χ3n) is 2.90. The van der Waals surface area contributed by atoms with Gasteiger partial charge in [-0.15, -0.1) is 0 Å². The summed E-state index contributed by atoms with van der Waals surface area (Å²) in [6.07, 6.45) is 1.70. The molecule has 0 atom stereocenters. The van der Waals surface area contributed by atoms with E-state index in [-0.39, 0.29) is 5.91 Å². The van der Waals surface area contributed by atoms with Gasteiger partial charge in [0.2, 0.25) is 0 Å². The van der Waals surface area contributed by atoms with Gasteiger partial charge < -0.3 is 5.32 Å². The zero-order chi connectivity index (χ0) is 13.7. The first kappa shape index (κ1) is 13.0. The Morgan fingerprint density at radius 3 is 2.53 bits per heavy atom. The quantitative estimate of drug-likeness (QED) is 0.850. The molecule has 0 heterocycles. The molecule has 1 N–H and O–H groups in total. The molecule has 0 aromatic heterocycles. The van der Waals surface area contributed by atoms with Gasteiger partial charge >= 0.3 is 0 Å². The fraction of sp³-hybridized carbons (Fsp3) is 0.125. The molecule has 2 aromatic rings. The summed E-state index contributed by atoms with van der Waals surface area (Å²) in [5.41, 5.74) is 2.96. The van der Waals surface area contributed by atoms with Crippen LogP contribution in [-0.4, -0.2) is 12.2 Å². The van der Waals surface area contributed by atoms with Crippen molar-refractivity contribution < 1.29 is 9.59 Å². The van der Waals surface area contributed by atoms with E-state index in [2.05, 4.69) is 12.2 Å². The predicted molar refractivity (Wildman–Crippen MR) is 75.6 cm³/mol. The molecule has 3 nitrogen and oxygen atoms in total. The largest absolute Gasteiger partial charge is 0.322 e. The van der Waals surface area contributed by atoms with E-state index in [0.29, 0.717) is 16.8 Å². The zero-order valence-electron chi connectivity index (χ0n) is 10.7. The molecular formula is C16H15NO2. The molecule has 2 aromatic carbocycles. The van der Waals surface area contributed by atoms with Gasteiger partial charge in [0, 0.05) is 16.8 Å². The number of benzene rings is 2. The second-order valence-corrected chi connectivity index (χ2v) is 4.25. The van der Waals surface area contributed by atoms with Crippen LogP contribution in [-0.2, 0) is 6.42 Å². The molecule has 19 heavy (non-hydrogen) atoms. The van der Waals surface area contributed by atoms with Crippen molar-refractivity contribution in [1.82, 2.24) is 0 Å². The Labute approximate surface area is 112 Å². The van der Waals surface area contributed by atoms with Crippen LogP contribution in [0.5, 0.6) is 0 Å². The smallest absolute Gasteiger partial charge is 0.255 e. The number of amides is 1. The Hall–Kier alpha value is -2.42. The van der Waals surface area contributed by atoms with E-state index < -0.39 is 0 Å². The minimum Gasteiger partial charge on any atom is -0.322 e. The van der Waals surface area contributed by atoms with Gasteiger partial charge in [0.25, 0.3) is 5.91 Å². The lowest BCUT2D eigenvalue weighted by Crippen LogP contribution is -2.11. The van der Waals surface area contributed by atoms with Gasteiger partial charge in [0.15, 0.2) is 0 Å². The Morgan fingerprint density at radius 2 is 1.89 bits per heavy atom. The number of carbonyl (C=O) groups excluding carboxylic acids is 2. The average Bonchev–Trinajstić information content (AvgIpc) is 2.47. The fourth-order valence-corrected chi connectivity index (χ4v) is 1.78. The minimum absolute atomic E-state index is 0.175. The molecule has 0 saturated heterocycles. The monoisotopic (exact) mass is 253 g/mol. The van der Waals surface area contributed by atoms with Crippen LogP contribution in [0, 0.1) is 0 Å². The number of aldehydes is 1. The van der Waals surface area contributed by atoms with Crippen molar-refractivity contribution >= 4 is 17.9 Å². The van der Waals surface area contributed by atoms with Crippen molar-refractivity contribution in [2.24, 2.45) is 0 Å². The second-order valence-electron chi connectivity index (χ2n) is 4.25. The summed E-state index contributed by atoms with van der Waals surface area (Å²) in [5.74, 6) is -0.175. The van der Waals surface area contributed by atoms with Crippen molar-refractivity contribution in [1.29, 1.82) is 0 Å². The molecule has 0 bridgehead atoms. The van der Waals surface area contributed by atoms with Crippen LogP contribution in [0.15, 0.2) is 48.5 Å². The van der Waals surface area contributed by atoms with Gasteiger partial charge in [0.1, 0.15) is 6.29 Å². The van der Waals surface area contributed by atoms with E-state index in [0.717, 1.165) is 12.7 Å². The van der Waals surface area contributed by atoms with E-state index in [1.807, 2.05) is 12.1 Å². The Bertz CT molecular complexity index is 588. The summed E-state index contributed by atoms with van der Waals surface area (Å²) in [4.78, 5) is 22.7. The van der Waals surface area contributed by atoms with Gasteiger partial charge in [-0.2, -0.15) is 0 Å². The first-order chi connectivity index (χ1) is 9.22. The molecular weight excluding hydrogens is 238 g/mol. The number of anilines is 1. The van der Waals surface area contributed by atoms with Crippen molar-refractivity contribution in [3.05, 3.63) is 65.2 Å². The van der Waals surface area contributed by atoms with Crippen molar-refractivity contribution in [2.75, 3.05) is 5.32 Å². The summed E-state index contributed by atoms with van der Waals surface area (Å²) in [5, 5.41) is 2.77. The topological polar surface area (TPSA) is 46.2 Å². The number of hydrogen-bond donors (Lipinski definition) is 1. The maximum absolute atomic E-state index is 12.0. The van der Waals surface area contributed by atoms with E-state index in [4.69, 9.17) is 0 Å². The molecule has 2 rings (SSSR count). The highest BCUT2D eigenvalue weighted by Gasteiger charge is 2.06. The lowest BCUT2D eigenvalue weighted by Gasteiger charge is -2.06. The van der Waals surface area contributed by atoms with E-state index >= 15 is 0 Å². The summed E-state index contributed by atoms with van der Waals surface area (Å²) in [6, 6.07) is 14.3. The maximum Gasteiger partial charge on any atom is 0.255 e. The third kappa shape index (κ3) is 3.28. The SMILES string of the molecule is CCc1ccc(C(=O)Nc2cccc(C=O)c2)cc1. The van der Waals surface area contributed by atoms with Crippen LogP contribution in [0.3, 0.4) is 0 Å². The lowest BCUT2D eigenvalue weighted by molar-refractivity contribution is 0.102. The fourth-order valence-electron chi connectivity index (χ4n) is 1.78. The molecule has 0 aliphatic heterocycles. The van der Waals surface area contributed by atoms with Crippen molar-refractivity contribution in [2.45, 2.75) is 13.3 Å². The van der Waals surface area contributed by atoms with Gasteiger partial charge in [0.05, 0.1) is 0 Å². The van der Waals surface area contributed by atoms with Gasteiger partial charge in [-0.25, -0.2) is 0 Å². The number of nitrogens with one attached hydrogen (secondary N) is 1. The predicted octanol–water partition coefficient (Wildman–Crippen LogP) is 3.31. The highest BCUT2D eigenvalue weighted by molar-refractivity contribution is 6.04. The third-order valence-corrected chi connectivity index (χ3v) is 2.90. The molecule has 0 saturated carbocycles. The van der Waals surface area contributed by atoms with Crippen LogP contribution in [0.2, 0.25) is 0 Å². The highest BCUT2D eigenvalue weighted by atomic mass is 16.1. The molecule has 0 spiro atoms. The van der Waals surface area contributed by atoms with Crippen LogP contribution in [0.25, 0.3) is 0 Å². The molecule has 0 radical (unpaired) electrons. The van der Waals surface area contributed by atoms with Crippen LogP contribution < -0.4 is 5.32 Å². The van der Waals surface area contributed by atoms with Crippen LogP contribution >= 0.6 is 0 Å². The molecule has 96 valence electrons. The minimum atomic E-state index is -0.175. The Kier molecular flexibility index (Phi) is 4.08. The average molecular weight is 253 g/mol. The normalized spacial score (nSPS) is 9.95. The molecule has 0 fully saturated rings. The number of aryl methyl sites for hydroxylation is 1. The van der Waals surface area contributed by atoms with E-state index in [1.165, 1.54) is 5.56 Å². The Morgan fingerprint density at radius 1 is 1.16 bits per heavy atom. The summed E-state index contributed by atoms with van der Waals surface area (Å²) in [7, 11) is 0. The van der Waals surface area contributed by atoms with Crippen molar-refractivity contribution in [3.63, 3.8) is 0 Å². The Balaban J connectivity index is 2.13. The zero-order valence-corrected chi connectivity index (χ0v) is 10.7. The van der Waals surface area contributed by atoms with Gasteiger partial charge in [-0.3, -0.25) is 9.59 Å². The molecule has 1 amide bonds. The summed E-state index contributed by atoms with van der Waals surface area (Å²) in [6.45, 7) is 2.07. The molecule has 0 aliphatic carbocycles. The molecule has 0 unspecified atom stereocenters. The standard InChI is InChI=1S/C16H15NO2/c1-2-12-6-8-14(9-7-12)16(19)17-15-5-3-4-13(10-15)11-18/h3-11H,2H2,1H3,(H,17,19). The van der Waals surface area contributed by atoms with Crippen molar-refractivity contribution in [3.8, 4) is 0 Å². The van der Waals surface area contributed by atoms with E-state index in [9.17, 15) is 9.59 Å².